The summed E-state index contributed by atoms with van der Waals surface area (Å²) in [4.78, 5) is 73.5. The number of aliphatic hydroxyl groups excluding tert-OH is 2. The van der Waals surface area contributed by atoms with Gasteiger partial charge in [-0.05, 0) is 148 Å². The minimum absolute atomic E-state index is 0.239. The van der Waals surface area contributed by atoms with Crippen molar-refractivity contribution in [1.29, 1.82) is 0 Å². The van der Waals surface area contributed by atoms with Gasteiger partial charge < -0.3 is 106 Å². The molecule has 10 N–H and O–H groups in total. The first-order chi connectivity index (χ1) is 58.9. The van der Waals surface area contributed by atoms with Crippen molar-refractivity contribution in [3.8, 4) is 0 Å². The Kier molecular flexibility index (Phi) is 36.1. The van der Waals surface area contributed by atoms with Gasteiger partial charge in [-0.3, -0.25) is 27.4 Å². The van der Waals surface area contributed by atoms with E-state index in [-0.39, 0.29) is 56.4 Å². The van der Waals surface area contributed by atoms with E-state index in [0.717, 1.165) is 13.3 Å². The average Bonchev–Trinajstić information content (AvgIpc) is 1.64. The average molecular weight is 1790 g/mol. The zero-order valence-corrected chi connectivity index (χ0v) is 71.4. The molecule has 28 nitrogen and oxygen atoms in total. The van der Waals surface area contributed by atoms with E-state index >= 15 is 0 Å². The summed E-state index contributed by atoms with van der Waals surface area (Å²) in [6, 6.07) is 21.9. The van der Waals surface area contributed by atoms with Crippen LogP contribution in [0.1, 0.15) is 135 Å². The van der Waals surface area contributed by atoms with E-state index in [2.05, 4.69) is 0 Å². The van der Waals surface area contributed by atoms with Crippen LogP contribution in [-0.2, 0) is 84.2 Å². The molecule has 6 fully saturated rings. The summed E-state index contributed by atoms with van der Waals surface area (Å²) >= 11 is 0. The predicted molar refractivity (Wildman–Crippen MR) is 425 cm³/mol. The molecule has 6 heterocycles. The zero-order chi connectivity index (χ0) is 97.9. The smallest absolute Gasteiger partial charge is 0.348 e. The minimum atomic E-state index is -4.94. The molecular weight excluding hydrogens is 1660 g/mol. The highest BCUT2D eigenvalue weighted by Gasteiger charge is 2.49. The maximum absolute atomic E-state index is 15.0. The molecule has 0 aromatic heterocycles. The first kappa shape index (κ1) is 85.7. The van der Waals surface area contributed by atoms with E-state index in [1.165, 1.54) is 0 Å². The van der Waals surface area contributed by atoms with Gasteiger partial charge in [0.25, 0.3) is 0 Å². The molecule has 116 heavy (non-hydrogen) atoms. The molecule has 3 aromatic rings. The summed E-state index contributed by atoms with van der Waals surface area (Å²) in [6.45, 7) is 21.4. The van der Waals surface area contributed by atoms with Crippen molar-refractivity contribution in [3.05, 3.63) is 179 Å². The topological polar surface area (TPSA) is 415 Å². The van der Waals surface area contributed by atoms with Gasteiger partial charge in [-0.15, -0.1) is 0 Å². The van der Waals surface area contributed by atoms with Gasteiger partial charge in [0, 0.05) is 36.5 Å². The highest BCUT2D eigenvalue weighted by molar-refractivity contribution is 7.61. The summed E-state index contributed by atoms with van der Waals surface area (Å²) in [5, 5.41) is 17.7. The predicted octanol–water partition coefficient (Wildman–Crippen LogP) is 14.0. The zero-order valence-electron chi connectivity index (χ0n) is 78.1. The van der Waals surface area contributed by atoms with E-state index in [1.807, 2.05) is 0 Å². The Labute approximate surface area is 691 Å². The Morgan fingerprint density at radius 1 is 0.353 bits per heavy atom. The van der Waals surface area contributed by atoms with E-state index < -0.39 is 257 Å². The molecule has 0 bridgehead atoms. The minimum Gasteiger partial charge on any atom is -0.386 e. The van der Waals surface area contributed by atoms with Crippen LogP contribution in [-0.4, -0.2) is 242 Å². The maximum Gasteiger partial charge on any atom is 0.348 e. The number of rotatable bonds is 29. The molecule has 3 aromatic carbocycles. The highest BCUT2D eigenvalue weighted by Crippen LogP contribution is 2.47. The summed E-state index contributed by atoms with van der Waals surface area (Å²) in [5.74, 6) is -5.72. The number of aliphatic hydroxyl groups is 2. The molecule has 0 amide bonds. The summed E-state index contributed by atoms with van der Waals surface area (Å²) in [5.41, 5.74) is 1.66. The van der Waals surface area contributed by atoms with Crippen LogP contribution >= 0.6 is 44.7 Å². The molecular formula is C76H116F6O28P6. The Hall–Kier alpha value is -3.82. The second-order valence-corrected chi connectivity index (χ2v) is 38.7. The van der Waals surface area contributed by atoms with Crippen molar-refractivity contribution in [2.75, 3.05) is 45.8 Å². The Balaban J connectivity index is 0.000000324. The van der Waals surface area contributed by atoms with E-state index in [4.69, 9.17) is 103 Å². The molecule has 6 aliphatic heterocycles. The van der Waals surface area contributed by atoms with Gasteiger partial charge >= 0.3 is 15.2 Å². The Bertz CT molecular complexity index is 4380. The van der Waals surface area contributed by atoms with Gasteiger partial charge in [0.2, 0.25) is 29.5 Å². The lowest BCUT2D eigenvalue weighted by Crippen LogP contribution is -2.32. The number of alkyl halides is 6. The van der Waals surface area contributed by atoms with Crippen molar-refractivity contribution in [2.45, 2.75) is 248 Å². The molecule has 0 radical (unpaired) electrons. The molecule has 9 rings (SSSR count). The number of ether oxygens (including phenoxy) is 12. The monoisotopic (exact) mass is 1790 g/mol. The standard InChI is InChI=1S/C16H22FO5P.C16H22FO4P.C15H20FO5P.C10H18FO5P.C10H18FO4P.C9H16FO5P/c1-11(2)21-16-13(8-9-23(19,20)10-18)22-15(14(16)17)12-6-4-3-5-7-12;1-11(2)20-16-13(9-10-22(3,18)19)21-15(14(16)17)12-7-5-4-6-8-12;1-10(2)20-15-12(8-9-22(17,18)19)21-14(13(15)16)11-6-4-3-5-7-11;1-7(2)16-10-8(11)5-15-9(10)3-4-17(13,14)6-12;1-7(2)15-10-8(11)6-14-9(10)4-5-16(3,12)13;1-6(2)15-9-7(10)5-14-8(9)3-4-16(11,12)13/h3-9,11,13-16,18H,10H2,1-2H3,(H,19,20);4-11,13-16H,1-3H3,(H,18,19);3-10,12-15H,1-2H3,(H2,17,18,19);3-4,7-10,12H,5-6H2,1-2H3,(H,13,14);4-5,7-10H,6H2,1-3H3,(H,12,13);3-4,6-9H,5H2,1-2H3,(H2,11,12,13)/b9-8+;10-9+;9-8+;4-3+;5-4+;4-3+/t2*13-,14+,15+,16-;12-,13+,14+,15-;2*8-,9+,10-;7-,8+,9-/m111000/s1/i8D,9D;9D,10D;8D,9D;3D,4D;4D,5D;3D,4D. The van der Waals surface area contributed by atoms with E-state index in [1.54, 1.807) is 174 Å². The molecule has 0 aliphatic carbocycles. The Morgan fingerprint density at radius 2 is 0.560 bits per heavy atom. The number of halogens is 6. The van der Waals surface area contributed by atoms with Crippen LogP contribution in [0, 0.1) is 0 Å². The molecule has 4 unspecified atom stereocenters. The molecule has 0 spiro atoms. The summed E-state index contributed by atoms with van der Waals surface area (Å²) in [7, 11) is -26.2. The molecule has 25 atom stereocenters. The largest absolute Gasteiger partial charge is 0.386 e. The first-order valence-corrected chi connectivity index (χ1v) is 47.4. The van der Waals surface area contributed by atoms with Gasteiger partial charge in [0.1, 0.15) is 104 Å². The van der Waals surface area contributed by atoms with Gasteiger partial charge in [-0.25, -0.2) is 26.3 Å². The SMILES string of the molecule is [2H]/C(=C(/[2H])P(=O)(O)CO)[C@H]1OC[C@H](F)[C@@H]1OC(C)C.[2H]/C(=C(/[2H])P(=O)(O)CO)[C@H]1O[C@@H](c2ccccc2)[C@H](F)[C@@H]1OC(C)C.[2H]/C(=C(/[2H])P(=O)(O)O)[C@H]1OC[C@H](F)[C@@H]1OC(C)C.[2H]/C(=C(/[2H])P(=O)(O)O)[C@H]1O[C@@H](c2ccccc2)[C@H](F)[C@@H]1OC(C)C.[2H]/C(=C(/[2H])P(C)(=O)O)[C@H]1OC[C@H](F)[C@@H]1OC(C)C.[2H]/C(=C(/[2H])P(C)(=O)O)[C@H]1O[C@@H](c2ccccc2)[C@H](F)[C@@H]1OC(C)C. The number of hydrogen-bond donors (Lipinski definition) is 10. The van der Waals surface area contributed by atoms with Crippen LogP contribution in [0.15, 0.2) is 162 Å². The third kappa shape index (κ3) is 38.3. The van der Waals surface area contributed by atoms with Crippen molar-refractivity contribution >= 4 is 44.7 Å². The lowest BCUT2D eigenvalue weighted by atomic mass is 10.0. The molecule has 660 valence electrons. The van der Waals surface area contributed by atoms with Crippen molar-refractivity contribution in [2.24, 2.45) is 0 Å². The fourth-order valence-corrected chi connectivity index (χ4v) is 13.1. The lowest BCUT2D eigenvalue weighted by Gasteiger charge is -2.20. The van der Waals surface area contributed by atoms with Crippen LogP contribution in [0.3, 0.4) is 0 Å². The van der Waals surface area contributed by atoms with Crippen LogP contribution in [0.25, 0.3) is 0 Å². The van der Waals surface area contributed by atoms with Crippen LogP contribution in [0.4, 0.5) is 26.3 Å². The van der Waals surface area contributed by atoms with Crippen molar-refractivity contribution in [1.82, 2.24) is 0 Å². The van der Waals surface area contributed by atoms with Gasteiger partial charge in [0.15, 0.2) is 37.0 Å². The lowest BCUT2D eigenvalue weighted by molar-refractivity contribution is -0.0388. The van der Waals surface area contributed by atoms with E-state index in [0.29, 0.717) is 16.7 Å². The Morgan fingerprint density at radius 3 is 0.784 bits per heavy atom. The van der Waals surface area contributed by atoms with Crippen molar-refractivity contribution in [3.63, 3.8) is 0 Å². The van der Waals surface area contributed by atoms with Crippen LogP contribution in [0.5, 0.6) is 0 Å². The first-order valence-electron chi connectivity index (χ1n) is 42.3. The van der Waals surface area contributed by atoms with Crippen molar-refractivity contribution < 1.29 is 176 Å². The fraction of sp³-hybridized carbons (Fsp3) is 0.605. The number of hydrogen-bond acceptors (Lipinski definition) is 20. The third-order valence-electron chi connectivity index (χ3n) is 15.5. The quantitative estimate of drug-likeness (QED) is 0.0228. The fourth-order valence-electron chi connectivity index (χ4n) is 11.0. The van der Waals surface area contributed by atoms with Crippen LogP contribution in [0.2, 0.25) is 0 Å². The van der Waals surface area contributed by atoms with E-state index in [9.17, 15) is 73.3 Å². The number of benzene rings is 3. The highest BCUT2D eigenvalue weighted by atomic mass is 31.2. The molecule has 6 saturated heterocycles. The van der Waals surface area contributed by atoms with Crippen LogP contribution < -0.4 is 0 Å². The second-order valence-electron chi connectivity index (χ2n) is 28.3. The third-order valence-corrected chi connectivity index (χ3v) is 19.1. The molecule has 0 saturated carbocycles. The summed E-state index contributed by atoms with van der Waals surface area (Å²) < 4.78 is 310. The molecule has 40 heteroatoms. The summed E-state index contributed by atoms with van der Waals surface area (Å²) in [6.07, 6.45) is -30.7. The molecule has 6 aliphatic rings. The van der Waals surface area contributed by atoms with Gasteiger partial charge in [0.05, 0.1) is 72.9 Å². The maximum atomic E-state index is 15.0. The van der Waals surface area contributed by atoms with Gasteiger partial charge in [-0.2, -0.15) is 0 Å². The normalized spacial score (nSPS) is 34.3. The second kappa shape index (κ2) is 48.9. The van der Waals surface area contributed by atoms with Gasteiger partial charge in [-0.1, -0.05) is 91.0 Å².